The number of benzene rings is 2. The molecule has 0 amide bonds. The van der Waals surface area contributed by atoms with Crippen LogP contribution >= 0.6 is 0 Å². The standard InChI is InChI=1S/C21H22O3/c1-4-19(15-7-11-17(22)12-8-15)20(5-2)16-9-13-18(14-10-16)24-21(23)6-3/h6-14,22H,3-5H2,1-2H3/b20-19+. The summed E-state index contributed by atoms with van der Waals surface area (Å²) in [6.07, 6.45) is 2.92. The largest absolute Gasteiger partial charge is 0.508 e. The van der Waals surface area contributed by atoms with Crippen molar-refractivity contribution in [2.45, 2.75) is 26.7 Å². The minimum Gasteiger partial charge on any atom is -0.508 e. The number of hydrogen-bond acceptors (Lipinski definition) is 3. The summed E-state index contributed by atoms with van der Waals surface area (Å²) in [7, 11) is 0. The fraction of sp³-hybridized carbons (Fsp3) is 0.190. The third kappa shape index (κ3) is 4.13. The van der Waals surface area contributed by atoms with E-state index in [4.69, 9.17) is 4.74 Å². The van der Waals surface area contributed by atoms with Crippen LogP contribution in [-0.4, -0.2) is 11.1 Å². The summed E-state index contributed by atoms with van der Waals surface area (Å²) in [4.78, 5) is 11.3. The summed E-state index contributed by atoms with van der Waals surface area (Å²) in [6.45, 7) is 7.64. The Balaban J connectivity index is 2.39. The molecule has 124 valence electrons. The second-order valence-corrected chi connectivity index (χ2v) is 5.36. The van der Waals surface area contributed by atoms with Crippen LogP contribution in [0.1, 0.15) is 37.8 Å². The molecule has 0 atom stereocenters. The smallest absolute Gasteiger partial charge is 0.335 e. The number of carbonyl (C=O) groups is 1. The molecule has 2 rings (SSSR count). The van der Waals surface area contributed by atoms with E-state index in [-0.39, 0.29) is 5.75 Å². The van der Waals surface area contributed by atoms with E-state index in [0.29, 0.717) is 5.75 Å². The third-order valence-electron chi connectivity index (χ3n) is 3.88. The number of phenolic OH excluding ortho intramolecular Hbond substituents is 1. The lowest BCUT2D eigenvalue weighted by Gasteiger charge is -2.14. The van der Waals surface area contributed by atoms with Crippen LogP contribution in [0.25, 0.3) is 11.1 Å². The second kappa shape index (κ2) is 8.16. The molecule has 0 radical (unpaired) electrons. The number of phenols is 1. The quantitative estimate of drug-likeness (QED) is 0.343. The van der Waals surface area contributed by atoms with Gasteiger partial charge in [0.05, 0.1) is 0 Å². The van der Waals surface area contributed by atoms with Crippen molar-refractivity contribution in [2.75, 3.05) is 0 Å². The van der Waals surface area contributed by atoms with Crippen LogP contribution in [-0.2, 0) is 4.79 Å². The molecular weight excluding hydrogens is 300 g/mol. The fourth-order valence-electron chi connectivity index (χ4n) is 2.73. The summed E-state index contributed by atoms with van der Waals surface area (Å²) >= 11 is 0. The maximum Gasteiger partial charge on any atom is 0.335 e. The number of ether oxygens (including phenoxy) is 1. The molecule has 0 spiro atoms. The highest BCUT2D eigenvalue weighted by molar-refractivity contribution is 5.91. The molecule has 0 fully saturated rings. The first-order valence-corrected chi connectivity index (χ1v) is 8.05. The van der Waals surface area contributed by atoms with E-state index in [1.165, 1.54) is 11.1 Å². The average molecular weight is 322 g/mol. The Morgan fingerprint density at radius 2 is 1.42 bits per heavy atom. The van der Waals surface area contributed by atoms with E-state index in [2.05, 4.69) is 20.4 Å². The highest BCUT2D eigenvalue weighted by Gasteiger charge is 2.10. The minimum atomic E-state index is -0.465. The molecule has 3 nitrogen and oxygen atoms in total. The van der Waals surface area contributed by atoms with Gasteiger partial charge >= 0.3 is 5.97 Å². The summed E-state index contributed by atoms with van der Waals surface area (Å²) in [6, 6.07) is 14.8. The highest BCUT2D eigenvalue weighted by atomic mass is 16.5. The van der Waals surface area contributed by atoms with Gasteiger partial charge in [-0.3, -0.25) is 0 Å². The molecular formula is C21H22O3. The number of esters is 1. The molecule has 2 aromatic rings. The Morgan fingerprint density at radius 3 is 1.83 bits per heavy atom. The van der Waals surface area contributed by atoms with Crippen molar-refractivity contribution in [3.63, 3.8) is 0 Å². The van der Waals surface area contributed by atoms with Gasteiger partial charge in [-0.1, -0.05) is 44.7 Å². The van der Waals surface area contributed by atoms with Crippen molar-refractivity contribution < 1.29 is 14.6 Å². The van der Waals surface area contributed by atoms with E-state index in [0.717, 1.165) is 30.0 Å². The molecule has 0 aromatic heterocycles. The number of allylic oxidation sites excluding steroid dienone is 2. The molecule has 0 aliphatic heterocycles. The zero-order valence-electron chi connectivity index (χ0n) is 14.1. The molecule has 1 N–H and O–H groups in total. The molecule has 24 heavy (non-hydrogen) atoms. The van der Waals surface area contributed by atoms with Crippen molar-refractivity contribution in [2.24, 2.45) is 0 Å². The predicted octanol–water partition coefficient (Wildman–Crippen LogP) is 5.21. The van der Waals surface area contributed by atoms with Gasteiger partial charge in [-0.15, -0.1) is 0 Å². The van der Waals surface area contributed by atoms with Crippen molar-refractivity contribution in [1.82, 2.24) is 0 Å². The van der Waals surface area contributed by atoms with Gasteiger partial charge < -0.3 is 9.84 Å². The lowest BCUT2D eigenvalue weighted by atomic mass is 9.91. The Hall–Kier alpha value is -2.81. The van der Waals surface area contributed by atoms with Crippen LogP contribution < -0.4 is 4.74 Å². The number of hydrogen-bond donors (Lipinski definition) is 1. The van der Waals surface area contributed by atoms with Crippen molar-refractivity contribution in [1.29, 1.82) is 0 Å². The second-order valence-electron chi connectivity index (χ2n) is 5.36. The van der Waals surface area contributed by atoms with Crippen molar-refractivity contribution in [3.8, 4) is 11.5 Å². The van der Waals surface area contributed by atoms with E-state index in [9.17, 15) is 9.90 Å². The van der Waals surface area contributed by atoms with E-state index < -0.39 is 5.97 Å². The normalized spacial score (nSPS) is 11.6. The summed E-state index contributed by atoms with van der Waals surface area (Å²) in [5, 5.41) is 9.48. The summed E-state index contributed by atoms with van der Waals surface area (Å²) in [5.74, 6) is 0.301. The first-order chi connectivity index (χ1) is 11.6. The highest BCUT2D eigenvalue weighted by Crippen LogP contribution is 2.32. The van der Waals surface area contributed by atoms with Gasteiger partial charge in [0.25, 0.3) is 0 Å². The first-order valence-electron chi connectivity index (χ1n) is 8.05. The summed E-state index contributed by atoms with van der Waals surface area (Å²) in [5.41, 5.74) is 4.69. The van der Waals surface area contributed by atoms with Crippen LogP contribution in [0, 0.1) is 0 Å². The Morgan fingerprint density at radius 1 is 0.958 bits per heavy atom. The zero-order valence-corrected chi connectivity index (χ0v) is 14.1. The number of aromatic hydroxyl groups is 1. The topological polar surface area (TPSA) is 46.5 Å². The Bertz CT molecular complexity index is 738. The average Bonchev–Trinajstić information content (AvgIpc) is 2.61. The predicted molar refractivity (Wildman–Crippen MR) is 97.8 cm³/mol. The van der Waals surface area contributed by atoms with Gasteiger partial charge in [0, 0.05) is 6.08 Å². The molecule has 0 aliphatic carbocycles. The molecule has 0 bridgehead atoms. The van der Waals surface area contributed by atoms with Crippen molar-refractivity contribution in [3.05, 3.63) is 72.3 Å². The lowest BCUT2D eigenvalue weighted by molar-refractivity contribution is -0.128. The van der Waals surface area contributed by atoms with Gasteiger partial charge in [-0.25, -0.2) is 4.79 Å². The van der Waals surface area contributed by atoms with E-state index in [1.807, 2.05) is 24.3 Å². The molecule has 0 aliphatic rings. The molecule has 0 saturated heterocycles. The number of rotatable bonds is 6. The minimum absolute atomic E-state index is 0.264. The van der Waals surface area contributed by atoms with E-state index in [1.54, 1.807) is 24.3 Å². The Kier molecular flexibility index (Phi) is 5.96. The number of carbonyl (C=O) groups excluding carboxylic acids is 1. The van der Waals surface area contributed by atoms with Crippen LogP contribution in [0.2, 0.25) is 0 Å². The SMILES string of the molecule is C=CC(=O)Oc1ccc(/C(CC)=C(\CC)c2ccc(O)cc2)cc1. The Labute approximate surface area is 142 Å². The molecule has 0 heterocycles. The van der Waals surface area contributed by atoms with Crippen LogP contribution in [0.3, 0.4) is 0 Å². The molecule has 0 saturated carbocycles. The van der Waals surface area contributed by atoms with Crippen LogP contribution in [0.15, 0.2) is 61.2 Å². The summed E-state index contributed by atoms with van der Waals surface area (Å²) < 4.78 is 5.12. The van der Waals surface area contributed by atoms with Crippen LogP contribution in [0.5, 0.6) is 11.5 Å². The molecule has 2 aromatic carbocycles. The van der Waals surface area contributed by atoms with Crippen LogP contribution in [0.4, 0.5) is 0 Å². The molecule has 3 heteroatoms. The lowest BCUT2D eigenvalue weighted by Crippen LogP contribution is -2.02. The van der Waals surface area contributed by atoms with Gasteiger partial charge in [0.1, 0.15) is 11.5 Å². The maximum atomic E-state index is 11.3. The van der Waals surface area contributed by atoms with E-state index >= 15 is 0 Å². The fourth-order valence-corrected chi connectivity index (χ4v) is 2.73. The van der Waals surface area contributed by atoms with Crippen molar-refractivity contribution >= 4 is 17.1 Å². The van der Waals surface area contributed by atoms with Gasteiger partial charge in [-0.2, -0.15) is 0 Å². The van der Waals surface area contributed by atoms with Gasteiger partial charge in [-0.05, 0) is 59.4 Å². The molecule has 0 unspecified atom stereocenters. The van der Waals surface area contributed by atoms with Gasteiger partial charge in [0.2, 0.25) is 0 Å². The first kappa shape index (κ1) is 17.5. The maximum absolute atomic E-state index is 11.3. The zero-order chi connectivity index (χ0) is 17.5. The van der Waals surface area contributed by atoms with Gasteiger partial charge in [0.15, 0.2) is 0 Å². The third-order valence-corrected chi connectivity index (χ3v) is 3.88. The monoisotopic (exact) mass is 322 g/mol.